The van der Waals surface area contributed by atoms with Crippen LogP contribution in [0.4, 0.5) is 0 Å². The number of cyclic esters (lactones) is 1. The van der Waals surface area contributed by atoms with Crippen LogP contribution in [0.3, 0.4) is 0 Å². The molecule has 41 heavy (non-hydrogen) atoms. The Labute approximate surface area is 241 Å². The molecule has 2 heterocycles. The third-order valence-corrected chi connectivity index (χ3v) is 6.98. The van der Waals surface area contributed by atoms with Crippen LogP contribution in [0.15, 0.2) is 60.7 Å². The topological polar surface area (TPSA) is 98.8 Å². The van der Waals surface area contributed by atoms with Crippen molar-refractivity contribution in [3.63, 3.8) is 0 Å². The fourth-order valence-corrected chi connectivity index (χ4v) is 4.73. The summed E-state index contributed by atoms with van der Waals surface area (Å²) in [5, 5.41) is 0. The first-order chi connectivity index (χ1) is 19.6. The maximum Gasteiger partial charge on any atom is 0.342 e. The normalized spacial score (nSPS) is 27.4. The van der Waals surface area contributed by atoms with Crippen LogP contribution in [0.1, 0.15) is 60.4 Å². The molecule has 0 spiro atoms. The van der Waals surface area contributed by atoms with Crippen molar-refractivity contribution >= 4 is 18.0 Å². The maximum atomic E-state index is 13.5. The quantitative estimate of drug-likeness (QED) is 0.252. The molecule has 9 nitrogen and oxygen atoms in total. The minimum Gasteiger partial charge on any atom is -0.497 e. The monoisotopic (exact) mass is 566 g/mol. The molecule has 0 bridgehead atoms. The Kier molecular flexibility index (Phi) is 9.86. The molecule has 0 aliphatic carbocycles. The van der Waals surface area contributed by atoms with Crippen LogP contribution in [0.25, 0.3) is 6.08 Å². The number of fused-ring (bicyclic) bond motifs is 2. The average molecular weight is 567 g/mol. The number of esters is 2. The molecule has 0 N–H and O–H groups in total. The zero-order chi connectivity index (χ0) is 29.6. The summed E-state index contributed by atoms with van der Waals surface area (Å²) in [5.74, 6) is -1.36. The summed E-state index contributed by atoms with van der Waals surface area (Å²) in [4.78, 5) is 26.6. The van der Waals surface area contributed by atoms with E-state index in [0.29, 0.717) is 23.3 Å². The van der Waals surface area contributed by atoms with Crippen LogP contribution in [-0.2, 0) is 23.7 Å². The number of hydrogen-bond donors (Lipinski definition) is 0. The molecule has 0 amide bonds. The van der Waals surface area contributed by atoms with Gasteiger partial charge in [0, 0.05) is 19.1 Å². The highest BCUT2D eigenvalue weighted by molar-refractivity contribution is 5.97. The minimum absolute atomic E-state index is 0.0571. The number of hydrogen-bond acceptors (Lipinski definition) is 9. The van der Waals surface area contributed by atoms with Gasteiger partial charge >= 0.3 is 11.9 Å². The van der Waals surface area contributed by atoms with E-state index in [-0.39, 0.29) is 24.0 Å². The lowest BCUT2D eigenvalue weighted by molar-refractivity contribution is -0.152. The van der Waals surface area contributed by atoms with Gasteiger partial charge in [0.1, 0.15) is 35.4 Å². The SMILES string of the molecule is COCOc1cc(OC)cc2c1C(=O)OC(C)[C@H](C)/C=C\C(OC(=O)c1ccccc1)C1OC(C)(C)OC1C/C=C/2. The van der Waals surface area contributed by atoms with Crippen molar-refractivity contribution < 1.29 is 42.7 Å². The maximum absolute atomic E-state index is 13.5. The fraction of sp³-hybridized carbons (Fsp3) is 0.438. The van der Waals surface area contributed by atoms with Gasteiger partial charge in [-0.05, 0) is 57.0 Å². The standard InChI is InChI=1S/C32H38O9/c1-20-15-16-25(39-30(33)22-11-8-7-9-12-22)29-26(40-32(3,4)41-29)14-10-13-23-17-24(36-6)18-27(37-19-35-5)28(23)31(34)38-21(20)2/h7-13,15-18,20-21,25-26,29H,14,19H2,1-6H3/b13-10+,16-15-/t20-,21?,25?,26?,29?/m1/s1. The lowest BCUT2D eigenvalue weighted by Crippen LogP contribution is -2.37. The highest BCUT2D eigenvalue weighted by Crippen LogP contribution is 2.36. The predicted octanol–water partition coefficient (Wildman–Crippen LogP) is 5.58. The van der Waals surface area contributed by atoms with Crippen molar-refractivity contribution in [1.82, 2.24) is 0 Å². The highest BCUT2D eigenvalue weighted by atomic mass is 16.8. The molecule has 2 aliphatic rings. The molecule has 9 heteroatoms. The lowest BCUT2D eigenvalue weighted by atomic mass is 9.98. The van der Waals surface area contributed by atoms with Crippen LogP contribution in [-0.4, -0.2) is 63.2 Å². The second-order valence-corrected chi connectivity index (χ2v) is 10.5. The van der Waals surface area contributed by atoms with Gasteiger partial charge in [0.05, 0.1) is 18.8 Å². The fourth-order valence-electron chi connectivity index (χ4n) is 4.73. The second-order valence-electron chi connectivity index (χ2n) is 10.5. The van der Waals surface area contributed by atoms with Crippen molar-refractivity contribution in [2.75, 3.05) is 21.0 Å². The summed E-state index contributed by atoms with van der Waals surface area (Å²) in [6.07, 6.45) is 5.44. The van der Waals surface area contributed by atoms with Crippen molar-refractivity contribution in [2.24, 2.45) is 5.92 Å². The zero-order valence-electron chi connectivity index (χ0n) is 24.3. The van der Waals surface area contributed by atoms with Crippen LogP contribution in [0, 0.1) is 5.92 Å². The number of benzene rings is 2. The minimum atomic E-state index is -0.900. The molecule has 4 unspecified atom stereocenters. The van der Waals surface area contributed by atoms with Gasteiger partial charge in [0.2, 0.25) is 0 Å². The van der Waals surface area contributed by atoms with Gasteiger partial charge in [-0.15, -0.1) is 0 Å². The first kappa shape index (κ1) is 30.3. The molecule has 0 radical (unpaired) electrons. The number of rotatable bonds is 6. The molecule has 2 aromatic rings. The molecule has 5 atom stereocenters. The van der Waals surface area contributed by atoms with Gasteiger partial charge in [-0.2, -0.15) is 0 Å². The molecular formula is C32H38O9. The van der Waals surface area contributed by atoms with E-state index in [1.165, 1.54) is 14.2 Å². The summed E-state index contributed by atoms with van der Waals surface area (Å²) in [6.45, 7) is 7.32. The van der Waals surface area contributed by atoms with Gasteiger partial charge < -0.3 is 33.2 Å². The summed E-state index contributed by atoms with van der Waals surface area (Å²) in [6, 6.07) is 12.2. The molecule has 1 fully saturated rings. The van der Waals surface area contributed by atoms with Crippen molar-refractivity contribution in [1.29, 1.82) is 0 Å². The van der Waals surface area contributed by atoms with Crippen LogP contribution in [0.2, 0.25) is 0 Å². The first-order valence-corrected chi connectivity index (χ1v) is 13.6. The molecule has 2 aliphatic heterocycles. The number of ether oxygens (including phenoxy) is 7. The van der Waals surface area contributed by atoms with Crippen molar-refractivity contribution in [3.8, 4) is 11.5 Å². The summed E-state index contributed by atoms with van der Waals surface area (Å²) in [7, 11) is 3.04. The van der Waals surface area contributed by atoms with Gasteiger partial charge in [0.15, 0.2) is 12.6 Å². The smallest absolute Gasteiger partial charge is 0.342 e. The Hall–Kier alpha value is -3.66. The third-order valence-electron chi connectivity index (χ3n) is 6.98. The van der Waals surface area contributed by atoms with E-state index in [2.05, 4.69) is 0 Å². The first-order valence-electron chi connectivity index (χ1n) is 13.6. The average Bonchev–Trinajstić information content (AvgIpc) is 3.27. The van der Waals surface area contributed by atoms with E-state index in [1.54, 1.807) is 55.5 Å². The van der Waals surface area contributed by atoms with Crippen molar-refractivity contribution in [2.45, 2.75) is 64.3 Å². The molecule has 4 rings (SSSR count). The number of methoxy groups -OCH3 is 2. The summed E-state index contributed by atoms with van der Waals surface area (Å²) in [5.41, 5.74) is 1.24. The Balaban J connectivity index is 1.74. The van der Waals surface area contributed by atoms with Crippen LogP contribution >= 0.6 is 0 Å². The second kappa shape index (κ2) is 13.3. The molecule has 1 saturated heterocycles. The van der Waals surface area contributed by atoms with Gasteiger partial charge in [-0.1, -0.05) is 43.4 Å². The molecular weight excluding hydrogens is 528 g/mol. The number of carbonyl (C=O) groups is 2. The molecule has 0 saturated carbocycles. The Morgan fingerprint density at radius 1 is 1.05 bits per heavy atom. The number of carbonyl (C=O) groups excluding carboxylic acids is 2. The highest BCUT2D eigenvalue weighted by Gasteiger charge is 2.45. The predicted molar refractivity (Wildman–Crippen MR) is 152 cm³/mol. The van der Waals surface area contributed by atoms with E-state index in [1.807, 2.05) is 39.0 Å². The zero-order valence-corrected chi connectivity index (χ0v) is 24.3. The largest absolute Gasteiger partial charge is 0.497 e. The van der Waals surface area contributed by atoms with E-state index in [9.17, 15) is 9.59 Å². The molecule has 2 aromatic carbocycles. The van der Waals surface area contributed by atoms with Crippen molar-refractivity contribution in [3.05, 3.63) is 77.4 Å². The molecule has 0 aromatic heterocycles. The van der Waals surface area contributed by atoms with E-state index in [0.717, 1.165) is 0 Å². The van der Waals surface area contributed by atoms with E-state index >= 15 is 0 Å². The summed E-state index contributed by atoms with van der Waals surface area (Å²) < 4.78 is 40.7. The lowest BCUT2D eigenvalue weighted by Gasteiger charge is -2.25. The van der Waals surface area contributed by atoms with Gasteiger partial charge in [-0.3, -0.25) is 0 Å². The van der Waals surface area contributed by atoms with Gasteiger partial charge in [0.25, 0.3) is 0 Å². The summed E-state index contributed by atoms with van der Waals surface area (Å²) >= 11 is 0. The Bertz CT molecular complexity index is 1270. The Morgan fingerprint density at radius 3 is 2.51 bits per heavy atom. The van der Waals surface area contributed by atoms with E-state index in [4.69, 9.17) is 33.2 Å². The third kappa shape index (κ3) is 7.55. The van der Waals surface area contributed by atoms with Crippen LogP contribution in [0.5, 0.6) is 11.5 Å². The van der Waals surface area contributed by atoms with Crippen LogP contribution < -0.4 is 9.47 Å². The molecule has 220 valence electrons. The van der Waals surface area contributed by atoms with Gasteiger partial charge in [-0.25, -0.2) is 9.59 Å². The van der Waals surface area contributed by atoms with E-state index < -0.39 is 42.1 Å². The Morgan fingerprint density at radius 2 is 1.80 bits per heavy atom.